The molecule has 0 aliphatic rings. The Kier molecular flexibility index (Phi) is 4.31. The Bertz CT molecular complexity index is 559. The van der Waals surface area contributed by atoms with Gasteiger partial charge in [0, 0.05) is 10.0 Å². The summed E-state index contributed by atoms with van der Waals surface area (Å²) in [6.45, 7) is 0. The molecule has 2 aromatic carbocycles. The van der Waals surface area contributed by atoms with Crippen LogP contribution in [0.2, 0.25) is 0 Å². The standard InChI is InChI=1S/C15H12BrNO/c16-14-9-7-13(8-10-14)15(17-18)11-6-12-4-2-1-3-5-12/h1-11,18H/b11-6+,17-15-. The zero-order valence-corrected chi connectivity index (χ0v) is 11.2. The first-order valence-electron chi connectivity index (χ1n) is 5.51. The van der Waals surface area contributed by atoms with Crippen molar-refractivity contribution in [3.63, 3.8) is 0 Å². The zero-order chi connectivity index (χ0) is 12.8. The first-order chi connectivity index (χ1) is 8.79. The highest BCUT2D eigenvalue weighted by atomic mass is 79.9. The van der Waals surface area contributed by atoms with Crippen LogP contribution in [0.5, 0.6) is 0 Å². The van der Waals surface area contributed by atoms with E-state index < -0.39 is 0 Å². The van der Waals surface area contributed by atoms with E-state index >= 15 is 0 Å². The maximum Gasteiger partial charge on any atom is 0.109 e. The van der Waals surface area contributed by atoms with Crippen LogP contribution in [0.15, 0.2) is 70.3 Å². The van der Waals surface area contributed by atoms with Gasteiger partial charge in [0.1, 0.15) is 5.71 Å². The minimum absolute atomic E-state index is 0.534. The van der Waals surface area contributed by atoms with Crippen LogP contribution < -0.4 is 0 Å². The SMILES string of the molecule is O/N=C(/C=C/c1ccccc1)c1ccc(Br)cc1. The number of rotatable bonds is 3. The van der Waals surface area contributed by atoms with Gasteiger partial charge in [-0.05, 0) is 23.8 Å². The maximum absolute atomic E-state index is 9.05. The van der Waals surface area contributed by atoms with Crippen LogP contribution in [0.25, 0.3) is 6.08 Å². The van der Waals surface area contributed by atoms with Gasteiger partial charge in [0.05, 0.1) is 0 Å². The molecule has 0 aliphatic heterocycles. The van der Waals surface area contributed by atoms with Gasteiger partial charge in [0.15, 0.2) is 0 Å². The Balaban J connectivity index is 2.21. The van der Waals surface area contributed by atoms with Crippen molar-refractivity contribution >= 4 is 27.7 Å². The summed E-state index contributed by atoms with van der Waals surface area (Å²) in [6, 6.07) is 17.5. The van der Waals surface area contributed by atoms with Gasteiger partial charge >= 0.3 is 0 Å². The molecule has 90 valence electrons. The van der Waals surface area contributed by atoms with Crippen molar-refractivity contribution < 1.29 is 5.21 Å². The molecular formula is C15H12BrNO. The van der Waals surface area contributed by atoms with Gasteiger partial charge in [-0.25, -0.2) is 0 Å². The summed E-state index contributed by atoms with van der Waals surface area (Å²) < 4.78 is 0.996. The first kappa shape index (κ1) is 12.6. The van der Waals surface area contributed by atoms with Crippen LogP contribution in [-0.2, 0) is 0 Å². The van der Waals surface area contributed by atoms with Crippen molar-refractivity contribution in [1.29, 1.82) is 0 Å². The van der Waals surface area contributed by atoms with E-state index in [0.717, 1.165) is 15.6 Å². The number of hydrogen-bond acceptors (Lipinski definition) is 2. The predicted octanol–water partition coefficient (Wildman–Crippen LogP) is 4.34. The summed E-state index contributed by atoms with van der Waals surface area (Å²) in [7, 11) is 0. The van der Waals surface area contributed by atoms with Gasteiger partial charge in [-0.2, -0.15) is 0 Å². The normalized spacial score (nSPS) is 11.9. The average molecular weight is 302 g/mol. The maximum atomic E-state index is 9.05. The van der Waals surface area contributed by atoms with E-state index in [4.69, 9.17) is 5.21 Å². The second kappa shape index (κ2) is 6.17. The van der Waals surface area contributed by atoms with Gasteiger partial charge in [-0.15, -0.1) is 0 Å². The highest BCUT2D eigenvalue weighted by Crippen LogP contribution is 2.12. The fraction of sp³-hybridized carbons (Fsp3) is 0. The lowest BCUT2D eigenvalue weighted by molar-refractivity contribution is 0.320. The Morgan fingerprint density at radius 1 is 1.00 bits per heavy atom. The molecule has 2 rings (SSSR count). The summed E-state index contributed by atoms with van der Waals surface area (Å²) in [4.78, 5) is 0. The number of allylic oxidation sites excluding steroid dienone is 1. The molecule has 0 aliphatic carbocycles. The highest BCUT2D eigenvalue weighted by molar-refractivity contribution is 9.10. The van der Waals surface area contributed by atoms with Crippen LogP contribution in [-0.4, -0.2) is 10.9 Å². The van der Waals surface area contributed by atoms with E-state index in [1.54, 1.807) is 6.08 Å². The molecule has 0 fully saturated rings. The van der Waals surface area contributed by atoms with Crippen LogP contribution in [0.1, 0.15) is 11.1 Å². The van der Waals surface area contributed by atoms with E-state index in [9.17, 15) is 0 Å². The molecule has 0 saturated heterocycles. The molecule has 0 radical (unpaired) electrons. The number of hydrogen-bond donors (Lipinski definition) is 1. The molecule has 2 aromatic rings. The van der Waals surface area contributed by atoms with Crippen molar-refractivity contribution in [3.05, 3.63) is 76.3 Å². The van der Waals surface area contributed by atoms with Crippen molar-refractivity contribution in [2.75, 3.05) is 0 Å². The molecule has 3 heteroatoms. The molecule has 0 spiro atoms. The zero-order valence-electron chi connectivity index (χ0n) is 9.62. The van der Waals surface area contributed by atoms with Crippen molar-refractivity contribution in [2.24, 2.45) is 5.16 Å². The molecule has 2 nitrogen and oxygen atoms in total. The molecule has 18 heavy (non-hydrogen) atoms. The summed E-state index contributed by atoms with van der Waals surface area (Å²) >= 11 is 3.37. The molecule has 0 amide bonds. The number of nitrogens with zero attached hydrogens (tertiary/aromatic N) is 1. The molecule has 0 heterocycles. The molecular weight excluding hydrogens is 290 g/mol. The van der Waals surface area contributed by atoms with Crippen molar-refractivity contribution in [3.8, 4) is 0 Å². The number of benzene rings is 2. The first-order valence-corrected chi connectivity index (χ1v) is 6.30. The van der Waals surface area contributed by atoms with E-state index in [0.29, 0.717) is 5.71 Å². The third kappa shape index (κ3) is 3.31. The van der Waals surface area contributed by atoms with Crippen LogP contribution in [0, 0.1) is 0 Å². The Morgan fingerprint density at radius 2 is 1.67 bits per heavy atom. The number of oxime groups is 1. The summed E-state index contributed by atoms with van der Waals surface area (Å²) in [5.41, 5.74) is 2.47. The van der Waals surface area contributed by atoms with E-state index in [1.807, 2.05) is 60.7 Å². The lowest BCUT2D eigenvalue weighted by Crippen LogP contribution is -1.95. The monoisotopic (exact) mass is 301 g/mol. The Hall–Kier alpha value is -1.87. The lowest BCUT2D eigenvalue weighted by atomic mass is 10.1. The minimum atomic E-state index is 0.534. The van der Waals surface area contributed by atoms with Gasteiger partial charge in [-0.3, -0.25) is 0 Å². The largest absolute Gasteiger partial charge is 0.410 e. The summed E-state index contributed by atoms with van der Waals surface area (Å²) in [5, 5.41) is 12.4. The summed E-state index contributed by atoms with van der Waals surface area (Å²) in [5.74, 6) is 0. The third-order valence-electron chi connectivity index (χ3n) is 2.48. The van der Waals surface area contributed by atoms with Crippen LogP contribution in [0.3, 0.4) is 0 Å². The quantitative estimate of drug-likeness (QED) is 0.510. The topological polar surface area (TPSA) is 32.6 Å². The highest BCUT2D eigenvalue weighted by Gasteiger charge is 1.99. The molecule has 0 bridgehead atoms. The lowest BCUT2D eigenvalue weighted by Gasteiger charge is -1.99. The van der Waals surface area contributed by atoms with Gasteiger partial charge in [0.2, 0.25) is 0 Å². The van der Waals surface area contributed by atoms with Gasteiger partial charge in [-0.1, -0.05) is 69.6 Å². The summed E-state index contributed by atoms with van der Waals surface area (Å²) in [6.07, 6.45) is 3.70. The average Bonchev–Trinajstić information content (AvgIpc) is 2.42. The number of halogens is 1. The van der Waals surface area contributed by atoms with Gasteiger partial charge < -0.3 is 5.21 Å². The van der Waals surface area contributed by atoms with Crippen LogP contribution in [0.4, 0.5) is 0 Å². The fourth-order valence-electron chi connectivity index (χ4n) is 1.55. The minimum Gasteiger partial charge on any atom is -0.410 e. The Morgan fingerprint density at radius 3 is 2.28 bits per heavy atom. The fourth-order valence-corrected chi connectivity index (χ4v) is 1.81. The third-order valence-corrected chi connectivity index (χ3v) is 3.01. The van der Waals surface area contributed by atoms with Gasteiger partial charge in [0.25, 0.3) is 0 Å². The molecule has 0 saturated carbocycles. The Labute approximate surface area is 114 Å². The van der Waals surface area contributed by atoms with Crippen molar-refractivity contribution in [2.45, 2.75) is 0 Å². The predicted molar refractivity (Wildman–Crippen MR) is 77.9 cm³/mol. The van der Waals surface area contributed by atoms with E-state index in [1.165, 1.54) is 0 Å². The van der Waals surface area contributed by atoms with Crippen LogP contribution >= 0.6 is 15.9 Å². The van der Waals surface area contributed by atoms with E-state index in [-0.39, 0.29) is 0 Å². The molecule has 0 atom stereocenters. The smallest absolute Gasteiger partial charge is 0.109 e. The molecule has 0 aromatic heterocycles. The second-order valence-corrected chi connectivity index (χ2v) is 4.65. The van der Waals surface area contributed by atoms with E-state index in [2.05, 4.69) is 21.1 Å². The molecule has 1 N–H and O–H groups in total. The second-order valence-electron chi connectivity index (χ2n) is 3.74. The van der Waals surface area contributed by atoms with Crippen molar-refractivity contribution in [1.82, 2.24) is 0 Å². The molecule has 0 unspecified atom stereocenters.